The van der Waals surface area contributed by atoms with E-state index in [1.54, 1.807) is 24.3 Å². The van der Waals surface area contributed by atoms with Gasteiger partial charge in [0.15, 0.2) is 0 Å². The predicted molar refractivity (Wildman–Crippen MR) is 296 cm³/mol. The second kappa shape index (κ2) is 19.0. The second-order valence-electron chi connectivity index (χ2n) is 19.6. The standard InChI is InChI=1S/C66H68N3O.Pt/c1-41-26-28-43(29-27-41)45-32-33-67-56(38-45)48-35-47(36-49(37-48)63(3,4)5)52-23-19-25-58-60(52)68-62(53-39-50(64(6,7)8)40-55(61(53)70)66(12,13)14)69(58)57-31-30-46(34-42(57)2)59-51(44-20-16-15-17-21-44)22-18-24-54(59)65(9,10)11;/h15-34,36-40,70H,1-14H3;/q-1;/i1D3,2D3,6D3,7D3,8D3,12D3,13D3,14D3,26D,27D,28D,29D;. The number of aromatic nitrogens is 3. The molecule has 2 heterocycles. The number of imidazole rings is 1. The number of pyridine rings is 1. The molecule has 0 bridgehead atoms. The molecule has 0 amide bonds. The first-order valence-corrected chi connectivity index (χ1v) is 22.5. The maximum atomic E-state index is 13.2. The van der Waals surface area contributed by atoms with Crippen molar-refractivity contribution < 1.29 is 64.6 Å². The van der Waals surface area contributed by atoms with Crippen LogP contribution in [0.25, 0.3) is 83.9 Å². The molecule has 9 rings (SSSR count). The van der Waals surface area contributed by atoms with Crippen LogP contribution in [0.15, 0.2) is 152 Å². The minimum Gasteiger partial charge on any atom is -0.507 e. The Labute approximate surface area is 476 Å². The van der Waals surface area contributed by atoms with Crippen LogP contribution in [0.1, 0.15) is 154 Å². The number of hydrogen-bond acceptors (Lipinski definition) is 3. The number of aromatic hydroxyl groups is 1. The Hall–Kier alpha value is -6.35. The van der Waals surface area contributed by atoms with E-state index in [-0.39, 0.29) is 77.4 Å². The van der Waals surface area contributed by atoms with Crippen LogP contribution in [-0.2, 0) is 42.7 Å². The van der Waals surface area contributed by atoms with Crippen LogP contribution in [0.2, 0.25) is 0 Å². The summed E-state index contributed by atoms with van der Waals surface area (Å²) in [6.07, 6.45) is 1.33. The molecule has 9 aromatic rings. The van der Waals surface area contributed by atoms with Crippen LogP contribution in [0, 0.1) is 19.8 Å². The quantitative estimate of drug-likeness (QED) is 0.162. The number of para-hydroxylation sites is 1. The van der Waals surface area contributed by atoms with Crippen molar-refractivity contribution in [3.63, 3.8) is 0 Å². The Bertz CT molecular complexity index is 4490. The van der Waals surface area contributed by atoms with Crippen LogP contribution < -0.4 is 0 Å². The van der Waals surface area contributed by atoms with Gasteiger partial charge in [-0.2, -0.15) is 0 Å². The molecule has 1 N–H and O–H groups in total. The molecule has 5 heteroatoms. The molecule has 4 nitrogen and oxygen atoms in total. The molecule has 7 aromatic carbocycles. The van der Waals surface area contributed by atoms with Crippen molar-refractivity contribution in [1.82, 2.24) is 14.5 Å². The summed E-state index contributed by atoms with van der Waals surface area (Å²) < 4.78 is 247. The number of hydrogen-bond donors (Lipinski definition) is 1. The number of aryl methyl sites for hydroxylation is 1. The monoisotopic (exact) mass is 1140 g/mol. The van der Waals surface area contributed by atoms with E-state index in [0.717, 1.165) is 15.7 Å². The minimum absolute atomic E-state index is 0. The molecule has 71 heavy (non-hydrogen) atoms. The van der Waals surface area contributed by atoms with Crippen LogP contribution in [-0.4, -0.2) is 19.6 Å². The summed E-state index contributed by atoms with van der Waals surface area (Å²) in [5, 5.41) is 13.2. The van der Waals surface area contributed by atoms with Gasteiger partial charge >= 0.3 is 0 Å². The molecule has 0 aliphatic rings. The fourth-order valence-electron chi connectivity index (χ4n) is 8.76. The fourth-order valence-corrected chi connectivity index (χ4v) is 8.76. The van der Waals surface area contributed by atoms with Crippen molar-refractivity contribution in [2.24, 2.45) is 0 Å². The first-order valence-electron chi connectivity index (χ1n) is 36.5. The molecule has 2 aromatic heterocycles. The Morgan fingerprint density at radius 3 is 1.96 bits per heavy atom. The van der Waals surface area contributed by atoms with Crippen molar-refractivity contribution in [3.8, 4) is 78.6 Å². The van der Waals surface area contributed by atoms with E-state index in [4.69, 9.17) is 39.3 Å². The van der Waals surface area contributed by atoms with Gasteiger partial charge < -0.3 is 5.11 Å². The zero-order valence-corrected chi connectivity index (χ0v) is 42.0. The summed E-state index contributed by atoms with van der Waals surface area (Å²) in [5.74, 6) is -2.34. The molecule has 0 spiro atoms. The maximum Gasteiger partial charge on any atom is 0.148 e. The summed E-state index contributed by atoms with van der Waals surface area (Å²) in [5.41, 5.74) is -11.4. The number of fused-ring (bicyclic) bond motifs is 1. The van der Waals surface area contributed by atoms with Gasteiger partial charge in [-0.1, -0.05) is 202 Å². The van der Waals surface area contributed by atoms with Gasteiger partial charge in [-0.3, -0.25) is 9.55 Å². The van der Waals surface area contributed by atoms with Gasteiger partial charge in [-0.05, 0) is 116 Å². The summed E-state index contributed by atoms with van der Waals surface area (Å²) in [4.78, 5) is 9.66. The first kappa shape index (κ1) is 26.4. The Kier molecular flexibility index (Phi) is 7.06. The van der Waals surface area contributed by atoms with Crippen LogP contribution in [0.5, 0.6) is 5.75 Å². The third-order valence-corrected chi connectivity index (χ3v) is 12.3. The van der Waals surface area contributed by atoms with Gasteiger partial charge in [0.05, 0.1) is 27.8 Å². The van der Waals surface area contributed by atoms with E-state index in [9.17, 15) is 9.22 Å². The zero-order chi connectivity index (χ0) is 73.6. The largest absolute Gasteiger partial charge is 0.507 e. The smallest absolute Gasteiger partial charge is 0.148 e. The maximum absolute atomic E-state index is 13.2. The van der Waals surface area contributed by atoms with Crippen LogP contribution in [0.4, 0.5) is 0 Å². The van der Waals surface area contributed by atoms with Crippen molar-refractivity contribution in [2.75, 3.05) is 0 Å². The normalized spacial score (nSPS) is 19.5. The third-order valence-electron chi connectivity index (χ3n) is 12.3. The van der Waals surface area contributed by atoms with E-state index in [2.05, 4.69) is 11.1 Å². The van der Waals surface area contributed by atoms with E-state index in [1.165, 1.54) is 42.6 Å². The minimum atomic E-state index is -4.32. The zero-order valence-electron chi connectivity index (χ0n) is 67.7. The summed E-state index contributed by atoms with van der Waals surface area (Å²) in [6.45, 7) is -20.1. The molecule has 0 radical (unpaired) electrons. The fraction of sp³-hybridized carbons (Fsp3) is 0.273. The topological polar surface area (TPSA) is 50.9 Å². The molecule has 0 aliphatic carbocycles. The number of phenols is 1. The first-order chi connectivity index (χ1) is 44.6. The Morgan fingerprint density at radius 1 is 0.563 bits per heavy atom. The molecule has 0 fully saturated rings. The van der Waals surface area contributed by atoms with Gasteiger partial charge in [0.2, 0.25) is 0 Å². The molecule has 0 saturated heterocycles. The van der Waals surface area contributed by atoms with E-state index in [1.807, 2.05) is 90.1 Å². The number of phenolic OH excluding ortho intramolecular Hbond substituents is 1. The molecular formula is C66H68N3OPt-. The predicted octanol–water partition coefficient (Wildman–Crippen LogP) is 17.7. The molecule has 0 aliphatic heterocycles. The second-order valence-corrected chi connectivity index (χ2v) is 19.6. The van der Waals surface area contributed by atoms with Crippen molar-refractivity contribution in [3.05, 3.63) is 191 Å². The SMILES string of the molecule is [2H]c1c([2H])c(C([2H])([2H])[2H])c([2H])c([2H])c1-c1ccnc(-c2[c-]c(-c3cccc4c3nc(-c3cc(C(C([2H])([2H])[2H])(C([2H])([2H])[2H])C([2H])([2H])[2H])cc(C(C([2H])([2H])[2H])(C([2H])([2H])[2H])C([2H])([2H])[2H])c3O)n4-c3ccc(-c4c(-c5ccccc5)cccc4C(C)(C)C)cc3C([2H])([2H])[2H])cc(C(C)(C)C)c2)c1.[Pt]. The molecular weight excluding hydrogens is 1050 g/mol. The Balaban J connectivity index is 0.0000125. The molecule has 0 atom stereocenters. The van der Waals surface area contributed by atoms with Crippen molar-refractivity contribution in [1.29, 1.82) is 0 Å². The third kappa shape index (κ3) is 10.1. The summed E-state index contributed by atoms with van der Waals surface area (Å²) in [7, 11) is 0. The Morgan fingerprint density at radius 2 is 1.27 bits per heavy atom. The van der Waals surface area contributed by atoms with Gasteiger partial charge in [0.25, 0.3) is 0 Å². The number of nitrogens with zero attached hydrogens (tertiary/aromatic N) is 3. The average molecular weight is 1140 g/mol. The van der Waals surface area contributed by atoms with Gasteiger partial charge in [0, 0.05) is 71.4 Å². The van der Waals surface area contributed by atoms with Crippen molar-refractivity contribution >= 4 is 11.0 Å². The average Bonchev–Trinajstić information content (AvgIpc) is 1.33. The van der Waals surface area contributed by atoms with Gasteiger partial charge in [-0.25, -0.2) is 4.98 Å². The number of benzene rings is 7. The van der Waals surface area contributed by atoms with Crippen molar-refractivity contribution in [2.45, 2.75) is 118 Å². The molecule has 0 saturated carbocycles. The van der Waals surface area contributed by atoms with E-state index < -0.39 is 140 Å². The van der Waals surface area contributed by atoms with Crippen LogP contribution in [0.3, 0.4) is 0 Å². The summed E-state index contributed by atoms with van der Waals surface area (Å²) >= 11 is 0. The van der Waals surface area contributed by atoms with Gasteiger partial charge in [-0.15, -0.1) is 29.3 Å². The number of rotatable bonds is 7. The van der Waals surface area contributed by atoms with E-state index >= 15 is 0 Å². The van der Waals surface area contributed by atoms with E-state index in [0.29, 0.717) is 28.3 Å². The molecule has 364 valence electrons. The van der Waals surface area contributed by atoms with Gasteiger partial charge in [0.1, 0.15) is 11.6 Å². The summed E-state index contributed by atoms with van der Waals surface area (Å²) in [6, 6.07) is 31.2. The van der Waals surface area contributed by atoms with Crippen LogP contribution >= 0.6 is 0 Å². The molecule has 0 unspecified atom stereocenters.